The van der Waals surface area contributed by atoms with Crippen molar-refractivity contribution < 1.29 is 9.53 Å². The second-order valence-electron chi connectivity index (χ2n) is 5.52. The van der Waals surface area contributed by atoms with Gasteiger partial charge in [-0.05, 0) is 44.7 Å². The number of rotatable bonds is 1. The third kappa shape index (κ3) is 3.22. The Bertz CT molecular complexity index is 395. The van der Waals surface area contributed by atoms with Crippen molar-refractivity contribution in [3.8, 4) is 0 Å². The molecular formula is C14H19NO2. The minimum absolute atomic E-state index is 0.169. The maximum atomic E-state index is 11.6. The highest BCUT2D eigenvalue weighted by Crippen LogP contribution is 2.21. The van der Waals surface area contributed by atoms with E-state index in [4.69, 9.17) is 4.74 Å². The molecule has 0 aliphatic heterocycles. The summed E-state index contributed by atoms with van der Waals surface area (Å²) in [5.74, 6) is 0. The van der Waals surface area contributed by atoms with Crippen LogP contribution in [0.4, 0.5) is 4.79 Å². The molecule has 1 aromatic carbocycles. The van der Waals surface area contributed by atoms with Gasteiger partial charge < -0.3 is 10.1 Å². The molecule has 1 aliphatic rings. The Labute approximate surface area is 102 Å². The predicted octanol–water partition coefficient (Wildman–Crippen LogP) is 2.68. The van der Waals surface area contributed by atoms with Crippen molar-refractivity contribution in [1.82, 2.24) is 5.32 Å². The van der Waals surface area contributed by atoms with Gasteiger partial charge in [0.15, 0.2) is 0 Å². The molecule has 0 radical (unpaired) electrons. The fourth-order valence-electron chi connectivity index (χ4n) is 2.14. The molecule has 0 saturated heterocycles. The van der Waals surface area contributed by atoms with E-state index >= 15 is 0 Å². The number of hydrogen-bond acceptors (Lipinski definition) is 2. The van der Waals surface area contributed by atoms with Gasteiger partial charge in [0.1, 0.15) is 5.60 Å². The van der Waals surface area contributed by atoms with Crippen LogP contribution < -0.4 is 5.32 Å². The molecule has 0 aromatic heterocycles. The topological polar surface area (TPSA) is 38.3 Å². The monoisotopic (exact) mass is 233 g/mol. The van der Waals surface area contributed by atoms with Gasteiger partial charge in [-0.3, -0.25) is 0 Å². The van der Waals surface area contributed by atoms with Gasteiger partial charge in [0, 0.05) is 6.04 Å². The number of nitrogens with one attached hydrogen (secondary N) is 1. The van der Waals surface area contributed by atoms with E-state index in [0.29, 0.717) is 0 Å². The molecule has 3 heteroatoms. The Morgan fingerprint density at radius 3 is 2.24 bits per heavy atom. The summed E-state index contributed by atoms with van der Waals surface area (Å²) in [5.41, 5.74) is 2.22. The molecule has 2 rings (SSSR count). The smallest absolute Gasteiger partial charge is 0.407 e. The van der Waals surface area contributed by atoms with Crippen LogP contribution in [-0.4, -0.2) is 17.7 Å². The average Bonchev–Trinajstić information content (AvgIpc) is 2.55. The number of hydrogen-bond donors (Lipinski definition) is 1. The average molecular weight is 233 g/mol. The van der Waals surface area contributed by atoms with E-state index in [1.165, 1.54) is 11.1 Å². The van der Waals surface area contributed by atoms with Crippen LogP contribution in [0.5, 0.6) is 0 Å². The summed E-state index contributed by atoms with van der Waals surface area (Å²) < 4.78 is 5.25. The lowest BCUT2D eigenvalue weighted by molar-refractivity contribution is 0.0506. The van der Waals surface area contributed by atoms with Gasteiger partial charge in [-0.2, -0.15) is 0 Å². The molecule has 1 aromatic rings. The number of alkyl carbamates (subject to hydrolysis) is 1. The van der Waals surface area contributed by atoms with Crippen LogP contribution >= 0.6 is 0 Å². The first-order valence-electron chi connectivity index (χ1n) is 6.00. The van der Waals surface area contributed by atoms with Crippen LogP contribution in [-0.2, 0) is 17.6 Å². The molecular weight excluding hydrogens is 214 g/mol. The lowest BCUT2D eigenvalue weighted by Crippen LogP contribution is -2.39. The van der Waals surface area contributed by atoms with E-state index in [0.717, 1.165) is 12.8 Å². The molecule has 1 aliphatic carbocycles. The van der Waals surface area contributed by atoms with Gasteiger partial charge in [0.05, 0.1) is 0 Å². The minimum atomic E-state index is -0.435. The molecule has 17 heavy (non-hydrogen) atoms. The molecule has 1 amide bonds. The van der Waals surface area contributed by atoms with Crippen molar-refractivity contribution in [1.29, 1.82) is 0 Å². The first-order chi connectivity index (χ1) is 7.94. The Kier molecular flexibility index (Phi) is 3.09. The van der Waals surface area contributed by atoms with E-state index in [-0.39, 0.29) is 12.1 Å². The van der Waals surface area contributed by atoms with Crippen molar-refractivity contribution in [2.24, 2.45) is 0 Å². The second kappa shape index (κ2) is 4.40. The van der Waals surface area contributed by atoms with Crippen molar-refractivity contribution in [2.75, 3.05) is 0 Å². The normalized spacial score (nSPS) is 15.5. The molecule has 92 valence electrons. The Hall–Kier alpha value is -1.51. The number of benzene rings is 1. The maximum absolute atomic E-state index is 11.6. The predicted molar refractivity (Wildman–Crippen MR) is 67.0 cm³/mol. The molecule has 0 heterocycles. The standard InChI is InChI=1S/C14H19NO2/c1-14(2,3)17-13(16)15-12-8-10-6-4-5-7-11(10)9-12/h4-7,12H,8-9H2,1-3H3,(H,15,16). The summed E-state index contributed by atoms with van der Waals surface area (Å²) in [4.78, 5) is 11.6. The summed E-state index contributed by atoms with van der Waals surface area (Å²) in [6, 6.07) is 8.48. The van der Waals surface area contributed by atoms with Crippen LogP contribution in [0.15, 0.2) is 24.3 Å². The number of carbonyl (C=O) groups is 1. The summed E-state index contributed by atoms with van der Waals surface area (Å²) in [7, 11) is 0. The van der Waals surface area contributed by atoms with Crippen LogP contribution in [0.1, 0.15) is 31.9 Å². The molecule has 3 nitrogen and oxygen atoms in total. The molecule has 0 spiro atoms. The molecule has 0 bridgehead atoms. The largest absolute Gasteiger partial charge is 0.444 e. The lowest BCUT2D eigenvalue weighted by Gasteiger charge is -2.21. The molecule has 0 saturated carbocycles. The third-order valence-corrected chi connectivity index (χ3v) is 2.77. The van der Waals surface area contributed by atoms with Gasteiger partial charge in [0.25, 0.3) is 0 Å². The highest BCUT2D eigenvalue weighted by atomic mass is 16.6. The van der Waals surface area contributed by atoms with E-state index in [9.17, 15) is 4.79 Å². The van der Waals surface area contributed by atoms with Gasteiger partial charge in [-0.25, -0.2) is 4.79 Å². The lowest BCUT2D eigenvalue weighted by atomic mass is 10.1. The SMILES string of the molecule is CC(C)(C)OC(=O)NC1Cc2ccccc2C1. The summed E-state index contributed by atoms with van der Waals surface area (Å²) in [6.45, 7) is 5.61. The zero-order chi connectivity index (χ0) is 12.5. The fraction of sp³-hybridized carbons (Fsp3) is 0.500. The zero-order valence-electron chi connectivity index (χ0n) is 10.6. The fourth-order valence-corrected chi connectivity index (χ4v) is 2.14. The first kappa shape index (κ1) is 12.0. The van der Waals surface area contributed by atoms with E-state index in [1.807, 2.05) is 32.9 Å². The van der Waals surface area contributed by atoms with Crippen molar-refractivity contribution in [3.05, 3.63) is 35.4 Å². The van der Waals surface area contributed by atoms with Crippen molar-refractivity contribution in [3.63, 3.8) is 0 Å². The van der Waals surface area contributed by atoms with E-state index < -0.39 is 5.60 Å². The summed E-state index contributed by atoms with van der Waals surface area (Å²) >= 11 is 0. The Balaban J connectivity index is 1.90. The van der Waals surface area contributed by atoms with Gasteiger partial charge in [-0.1, -0.05) is 24.3 Å². The second-order valence-corrected chi connectivity index (χ2v) is 5.52. The minimum Gasteiger partial charge on any atom is -0.444 e. The zero-order valence-corrected chi connectivity index (χ0v) is 10.6. The van der Waals surface area contributed by atoms with Crippen LogP contribution in [0.25, 0.3) is 0 Å². The first-order valence-corrected chi connectivity index (χ1v) is 6.00. The van der Waals surface area contributed by atoms with Crippen molar-refractivity contribution in [2.45, 2.75) is 45.3 Å². The van der Waals surface area contributed by atoms with Crippen LogP contribution in [0.3, 0.4) is 0 Å². The quantitative estimate of drug-likeness (QED) is 0.810. The Morgan fingerprint density at radius 1 is 1.24 bits per heavy atom. The molecule has 0 fully saturated rings. The number of ether oxygens (including phenoxy) is 1. The highest BCUT2D eigenvalue weighted by molar-refractivity contribution is 5.68. The highest BCUT2D eigenvalue weighted by Gasteiger charge is 2.24. The molecule has 0 unspecified atom stereocenters. The van der Waals surface area contributed by atoms with Gasteiger partial charge in [0.2, 0.25) is 0 Å². The number of amides is 1. The third-order valence-electron chi connectivity index (χ3n) is 2.77. The summed E-state index contributed by atoms with van der Waals surface area (Å²) in [6.07, 6.45) is 1.47. The van der Waals surface area contributed by atoms with Crippen LogP contribution in [0, 0.1) is 0 Å². The molecule has 0 atom stereocenters. The van der Waals surface area contributed by atoms with E-state index in [1.54, 1.807) is 0 Å². The number of fused-ring (bicyclic) bond motifs is 1. The number of carbonyl (C=O) groups excluding carboxylic acids is 1. The molecule has 1 N–H and O–H groups in total. The van der Waals surface area contributed by atoms with Crippen LogP contribution in [0.2, 0.25) is 0 Å². The van der Waals surface area contributed by atoms with Gasteiger partial charge in [-0.15, -0.1) is 0 Å². The van der Waals surface area contributed by atoms with E-state index in [2.05, 4.69) is 17.4 Å². The summed E-state index contributed by atoms with van der Waals surface area (Å²) in [5, 5.41) is 2.92. The van der Waals surface area contributed by atoms with Gasteiger partial charge >= 0.3 is 6.09 Å². The maximum Gasteiger partial charge on any atom is 0.407 e. The van der Waals surface area contributed by atoms with Crippen molar-refractivity contribution >= 4 is 6.09 Å². The Morgan fingerprint density at radius 2 is 1.76 bits per heavy atom.